The first-order valence-corrected chi connectivity index (χ1v) is 9.60. The summed E-state index contributed by atoms with van der Waals surface area (Å²) in [5.41, 5.74) is 2.10. The number of oxime groups is 1. The molecule has 5 heteroatoms. The van der Waals surface area contributed by atoms with Crippen LogP contribution in [0.4, 0.5) is 4.39 Å². The Hall–Kier alpha value is -2.56. The summed E-state index contributed by atoms with van der Waals surface area (Å²) in [6.45, 7) is 2.19. The van der Waals surface area contributed by atoms with Crippen LogP contribution in [0.5, 0.6) is 11.5 Å². The van der Waals surface area contributed by atoms with Crippen LogP contribution in [-0.4, -0.2) is 21.1 Å². The second-order valence-electron chi connectivity index (χ2n) is 6.82. The molecule has 0 aliphatic rings. The lowest BCUT2D eigenvalue weighted by Crippen LogP contribution is -2.02. The fraction of sp³-hybridized carbons (Fsp3) is 0.409. The van der Waals surface area contributed by atoms with Crippen molar-refractivity contribution in [2.24, 2.45) is 5.16 Å². The van der Waals surface area contributed by atoms with Gasteiger partial charge in [-0.2, -0.15) is 0 Å². The third-order valence-electron chi connectivity index (χ3n) is 4.73. The predicted molar refractivity (Wildman–Crippen MR) is 106 cm³/mol. The highest BCUT2D eigenvalue weighted by atomic mass is 19.1. The fourth-order valence-corrected chi connectivity index (χ4v) is 3.12. The molecule has 27 heavy (non-hydrogen) atoms. The molecule has 0 aliphatic heterocycles. The van der Waals surface area contributed by atoms with Gasteiger partial charge in [-0.15, -0.1) is 0 Å². The highest BCUT2D eigenvalue weighted by Gasteiger charge is 2.13. The Labute approximate surface area is 160 Å². The minimum atomic E-state index is -0.707. The zero-order chi connectivity index (χ0) is 19.6. The van der Waals surface area contributed by atoms with Crippen molar-refractivity contribution >= 4 is 5.71 Å². The molecule has 0 saturated carbocycles. The Balaban J connectivity index is 2.05. The largest absolute Gasteiger partial charge is 0.507 e. The molecule has 146 valence electrons. The van der Waals surface area contributed by atoms with E-state index in [4.69, 9.17) is 0 Å². The van der Waals surface area contributed by atoms with Crippen LogP contribution in [0.3, 0.4) is 0 Å². The first-order chi connectivity index (χ1) is 13.1. The standard InChI is InChI=1S/C22H28FNO3/c1-2-3-4-5-6-7-8-9-20(24-27)18-14-16(10-12-21(18)25)17-11-13-22(26)19(23)15-17/h10-15,25-27H,2-9H2,1H3/b24-20+. The van der Waals surface area contributed by atoms with Gasteiger partial charge in [0, 0.05) is 5.56 Å². The van der Waals surface area contributed by atoms with Crippen LogP contribution in [-0.2, 0) is 0 Å². The van der Waals surface area contributed by atoms with Crippen LogP contribution in [0.25, 0.3) is 11.1 Å². The molecule has 3 N–H and O–H groups in total. The Bertz CT molecular complexity index is 774. The molecule has 0 amide bonds. The topological polar surface area (TPSA) is 73.1 Å². The minimum Gasteiger partial charge on any atom is -0.507 e. The van der Waals surface area contributed by atoms with Gasteiger partial charge in [-0.3, -0.25) is 0 Å². The summed E-state index contributed by atoms with van der Waals surface area (Å²) in [4.78, 5) is 0. The Morgan fingerprint density at radius 2 is 1.44 bits per heavy atom. The molecule has 0 aliphatic carbocycles. The summed E-state index contributed by atoms with van der Waals surface area (Å²) in [7, 11) is 0. The average Bonchev–Trinajstić information content (AvgIpc) is 2.67. The van der Waals surface area contributed by atoms with Crippen LogP contribution in [0.2, 0.25) is 0 Å². The van der Waals surface area contributed by atoms with E-state index in [1.165, 1.54) is 43.9 Å². The van der Waals surface area contributed by atoms with E-state index in [1.807, 2.05) is 0 Å². The van der Waals surface area contributed by atoms with Crippen LogP contribution < -0.4 is 0 Å². The van der Waals surface area contributed by atoms with E-state index in [0.717, 1.165) is 19.3 Å². The molecule has 0 fully saturated rings. The Morgan fingerprint density at radius 1 is 0.852 bits per heavy atom. The van der Waals surface area contributed by atoms with Crippen molar-refractivity contribution in [2.45, 2.75) is 58.3 Å². The van der Waals surface area contributed by atoms with Gasteiger partial charge < -0.3 is 15.4 Å². The van der Waals surface area contributed by atoms with Crippen molar-refractivity contribution in [3.63, 3.8) is 0 Å². The van der Waals surface area contributed by atoms with Crippen molar-refractivity contribution in [1.82, 2.24) is 0 Å². The van der Waals surface area contributed by atoms with E-state index in [2.05, 4.69) is 12.1 Å². The van der Waals surface area contributed by atoms with Crippen molar-refractivity contribution in [1.29, 1.82) is 0 Å². The normalized spacial score (nSPS) is 11.7. The molecule has 0 bridgehead atoms. The molecule has 4 nitrogen and oxygen atoms in total. The van der Waals surface area contributed by atoms with Crippen molar-refractivity contribution in [2.75, 3.05) is 0 Å². The highest BCUT2D eigenvalue weighted by molar-refractivity contribution is 6.03. The lowest BCUT2D eigenvalue weighted by atomic mass is 9.97. The molecule has 2 aromatic carbocycles. The summed E-state index contributed by atoms with van der Waals surface area (Å²) in [5, 5.41) is 32.3. The molecule has 0 heterocycles. The molecule has 0 aromatic heterocycles. The first-order valence-electron chi connectivity index (χ1n) is 9.60. The molecular weight excluding hydrogens is 345 g/mol. The van der Waals surface area contributed by atoms with Crippen molar-refractivity contribution in [3.8, 4) is 22.6 Å². The molecule has 2 rings (SSSR count). The monoisotopic (exact) mass is 373 g/mol. The summed E-state index contributed by atoms with van der Waals surface area (Å²) < 4.78 is 13.6. The first kappa shape index (κ1) is 20.7. The lowest BCUT2D eigenvalue weighted by molar-refractivity contribution is 0.317. The number of aromatic hydroxyl groups is 2. The number of nitrogens with zero attached hydrogens (tertiary/aromatic N) is 1. The molecule has 0 saturated heterocycles. The van der Waals surface area contributed by atoms with Crippen LogP contribution >= 0.6 is 0 Å². The van der Waals surface area contributed by atoms with Gasteiger partial charge in [0.2, 0.25) is 0 Å². The molecule has 0 radical (unpaired) electrons. The zero-order valence-corrected chi connectivity index (χ0v) is 15.8. The van der Waals surface area contributed by atoms with Crippen LogP contribution in [0.15, 0.2) is 41.6 Å². The van der Waals surface area contributed by atoms with Gasteiger partial charge in [0.15, 0.2) is 11.6 Å². The summed E-state index contributed by atoms with van der Waals surface area (Å²) in [6.07, 6.45) is 8.60. The molecule has 2 aromatic rings. The second-order valence-corrected chi connectivity index (χ2v) is 6.82. The maximum atomic E-state index is 13.6. The third kappa shape index (κ3) is 5.98. The predicted octanol–water partition coefficient (Wildman–Crippen LogP) is 6.22. The molecule has 0 unspecified atom stereocenters. The number of phenolic OH excluding ortho intramolecular Hbond substituents is 2. The number of hydrogen-bond donors (Lipinski definition) is 3. The highest BCUT2D eigenvalue weighted by Crippen LogP contribution is 2.30. The van der Waals surface area contributed by atoms with Crippen molar-refractivity contribution in [3.05, 3.63) is 47.8 Å². The lowest BCUT2D eigenvalue weighted by Gasteiger charge is -2.10. The number of benzene rings is 2. The van der Waals surface area contributed by atoms with Gasteiger partial charge in [0.05, 0.1) is 5.71 Å². The third-order valence-corrected chi connectivity index (χ3v) is 4.73. The number of rotatable bonds is 10. The van der Waals surface area contributed by atoms with E-state index >= 15 is 0 Å². The number of unbranched alkanes of at least 4 members (excludes halogenated alkanes) is 6. The Kier molecular flexibility index (Phi) is 8.11. The van der Waals surface area contributed by atoms with E-state index < -0.39 is 11.6 Å². The quantitative estimate of drug-likeness (QED) is 0.200. The number of hydrogen-bond acceptors (Lipinski definition) is 4. The van der Waals surface area contributed by atoms with Crippen LogP contribution in [0, 0.1) is 5.82 Å². The van der Waals surface area contributed by atoms with E-state index in [0.29, 0.717) is 28.8 Å². The van der Waals surface area contributed by atoms with Gasteiger partial charge in [-0.05, 0) is 48.2 Å². The van der Waals surface area contributed by atoms with E-state index in [9.17, 15) is 19.8 Å². The van der Waals surface area contributed by atoms with Crippen molar-refractivity contribution < 1.29 is 19.8 Å². The van der Waals surface area contributed by atoms with Gasteiger partial charge in [0.1, 0.15) is 5.75 Å². The number of halogens is 1. The second kappa shape index (κ2) is 10.6. The molecule has 0 atom stereocenters. The van der Waals surface area contributed by atoms with E-state index in [1.54, 1.807) is 18.2 Å². The van der Waals surface area contributed by atoms with E-state index in [-0.39, 0.29) is 5.75 Å². The maximum absolute atomic E-state index is 13.6. The van der Waals surface area contributed by atoms with Gasteiger partial charge >= 0.3 is 0 Å². The number of phenols is 2. The van der Waals surface area contributed by atoms with Gasteiger partial charge in [-0.25, -0.2) is 4.39 Å². The zero-order valence-electron chi connectivity index (χ0n) is 15.8. The molecular formula is C22H28FNO3. The average molecular weight is 373 g/mol. The SMILES string of the molecule is CCCCCCCCC/C(=N\O)c1cc(-c2ccc(O)c(F)c2)ccc1O. The minimum absolute atomic E-state index is 0.0220. The van der Waals surface area contributed by atoms with Gasteiger partial charge in [0.25, 0.3) is 0 Å². The molecule has 0 spiro atoms. The fourth-order valence-electron chi connectivity index (χ4n) is 3.12. The summed E-state index contributed by atoms with van der Waals surface area (Å²) in [6, 6.07) is 8.96. The summed E-state index contributed by atoms with van der Waals surface area (Å²) >= 11 is 0. The smallest absolute Gasteiger partial charge is 0.165 e. The van der Waals surface area contributed by atoms with Gasteiger partial charge in [-0.1, -0.05) is 62.7 Å². The maximum Gasteiger partial charge on any atom is 0.165 e. The Morgan fingerprint density at radius 3 is 2.07 bits per heavy atom. The summed E-state index contributed by atoms with van der Waals surface area (Å²) in [5.74, 6) is -1.09. The van der Waals surface area contributed by atoms with Crippen LogP contribution in [0.1, 0.15) is 63.9 Å².